The van der Waals surface area contributed by atoms with Gasteiger partial charge in [-0.3, -0.25) is 0 Å². The molecule has 0 aromatic carbocycles. The Bertz CT molecular complexity index is 169. The zero-order valence-electron chi connectivity index (χ0n) is 9.76. The topological polar surface area (TPSA) is 27.7 Å². The first kappa shape index (κ1) is 12.2. The minimum atomic E-state index is -2.04. The molecular formula is C10H22O3Si. The maximum atomic E-state index is 5.90. The summed E-state index contributed by atoms with van der Waals surface area (Å²) in [4.78, 5) is 0. The van der Waals surface area contributed by atoms with Gasteiger partial charge in [0.1, 0.15) is 0 Å². The van der Waals surface area contributed by atoms with E-state index in [9.17, 15) is 0 Å². The third-order valence-electron chi connectivity index (χ3n) is 3.24. The summed E-state index contributed by atoms with van der Waals surface area (Å²) in [6.45, 7) is 11.5. The molecule has 0 atom stereocenters. The second kappa shape index (κ2) is 4.75. The predicted octanol–water partition coefficient (Wildman–Crippen LogP) is 2.31. The third kappa shape index (κ3) is 1.89. The Morgan fingerprint density at radius 2 is 1.64 bits per heavy atom. The quantitative estimate of drug-likeness (QED) is 0.640. The molecule has 0 radical (unpaired) electrons. The summed E-state index contributed by atoms with van der Waals surface area (Å²) in [5, 5.41) is 0.193. The highest BCUT2D eigenvalue weighted by Gasteiger charge is 2.57. The summed E-state index contributed by atoms with van der Waals surface area (Å²) < 4.78 is 17.2. The molecule has 0 saturated carbocycles. The Balaban J connectivity index is 2.73. The van der Waals surface area contributed by atoms with Crippen LogP contribution >= 0.6 is 0 Å². The van der Waals surface area contributed by atoms with Gasteiger partial charge < -0.3 is 13.6 Å². The van der Waals surface area contributed by atoms with Crippen LogP contribution in [0.15, 0.2) is 0 Å². The first-order valence-electron chi connectivity index (χ1n) is 5.49. The first-order valence-corrected chi connectivity index (χ1v) is 7.81. The van der Waals surface area contributed by atoms with Crippen molar-refractivity contribution >= 4 is 8.56 Å². The van der Waals surface area contributed by atoms with Gasteiger partial charge in [-0.25, -0.2) is 0 Å². The van der Waals surface area contributed by atoms with Gasteiger partial charge in [-0.15, -0.1) is 0 Å². The van der Waals surface area contributed by atoms with E-state index < -0.39 is 8.56 Å². The fourth-order valence-corrected chi connectivity index (χ4v) is 5.20. The maximum absolute atomic E-state index is 5.90. The van der Waals surface area contributed by atoms with Gasteiger partial charge in [-0.2, -0.15) is 0 Å². The fraction of sp³-hybridized carbons (Fsp3) is 1.00. The van der Waals surface area contributed by atoms with E-state index in [2.05, 4.69) is 13.5 Å². The minimum Gasteiger partial charge on any atom is -0.394 e. The second-order valence-electron chi connectivity index (χ2n) is 3.94. The summed E-state index contributed by atoms with van der Waals surface area (Å²) in [6, 6.07) is 0. The van der Waals surface area contributed by atoms with Crippen LogP contribution in [0.25, 0.3) is 0 Å². The largest absolute Gasteiger partial charge is 0.394 e. The molecule has 0 spiro atoms. The van der Waals surface area contributed by atoms with Gasteiger partial charge in [-0.05, 0) is 26.8 Å². The van der Waals surface area contributed by atoms with Gasteiger partial charge in [0, 0.05) is 13.2 Å². The molecule has 1 heterocycles. The lowest BCUT2D eigenvalue weighted by molar-refractivity contribution is -0.0513. The number of ether oxygens (including phenoxy) is 1. The number of rotatable bonds is 6. The molecule has 0 aliphatic carbocycles. The Hall–Kier alpha value is 0.0969. The highest BCUT2D eigenvalue weighted by molar-refractivity contribution is 6.69. The summed E-state index contributed by atoms with van der Waals surface area (Å²) in [7, 11) is -2.04. The van der Waals surface area contributed by atoms with Crippen molar-refractivity contribution in [2.75, 3.05) is 26.4 Å². The predicted molar refractivity (Wildman–Crippen MR) is 58.7 cm³/mol. The number of hydrogen-bond acceptors (Lipinski definition) is 3. The van der Waals surface area contributed by atoms with Crippen molar-refractivity contribution in [1.82, 2.24) is 0 Å². The summed E-state index contributed by atoms with van der Waals surface area (Å²) in [5.41, 5.74) is 0. The van der Waals surface area contributed by atoms with Crippen LogP contribution < -0.4 is 0 Å². The molecule has 0 aromatic heterocycles. The van der Waals surface area contributed by atoms with Crippen LogP contribution in [0.2, 0.25) is 11.6 Å². The molecular weight excluding hydrogens is 196 g/mol. The van der Waals surface area contributed by atoms with Crippen LogP contribution in [0.4, 0.5) is 0 Å². The van der Waals surface area contributed by atoms with E-state index in [1.807, 2.05) is 13.8 Å². The monoisotopic (exact) mass is 218 g/mol. The zero-order chi connectivity index (χ0) is 10.7. The van der Waals surface area contributed by atoms with Crippen molar-refractivity contribution in [2.24, 2.45) is 0 Å². The first-order chi connectivity index (χ1) is 6.64. The van der Waals surface area contributed by atoms with Crippen molar-refractivity contribution in [3.63, 3.8) is 0 Å². The van der Waals surface area contributed by atoms with Gasteiger partial charge in [0.2, 0.25) is 0 Å². The van der Waals surface area contributed by atoms with E-state index in [-0.39, 0.29) is 5.04 Å². The van der Waals surface area contributed by atoms with E-state index >= 15 is 0 Å². The highest BCUT2D eigenvalue weighted by atomic mass is 28.4. The molecule has 1 aliphatic heterocycles. The molecule has 0 bridgehead atoms. The molecule has 0 aromatic rings. The van der Waals surface area contributed by atoms with Crippen LogP contribution in [-0.4, -0.2) is 35.0 Å². The van der Waals surface area contributed by atoms with Crippen LogP contribution in [0.1, 0.15) is 27.2 Å². The standard InChI is InChI=1S/C10H22O3Si/c1-5-10(8-11-9-10)14(4,12-6-2)13-7-3/h5-9H2,1-4H3. The lowest BCUT2D eigenvalue weighted by atomic mass is 10.0. The molecule has 3 nitrogen and oxygen atoms in total. The van der Waals surface area contributed by atoms with E-state index in [1.54, 1.807) is 0 Å². The molecule has 1 saturated heterocycles. The molecule has 14 heavy (non-hydrogen) atoms. The average Bonchev–Trinajstić information content (AvgIpc) is 2.03. The van der Waals surface area contributed by atoms with Crippen molar-refractivity contribution in [3.8, 4) is 0 Å². The average molecular weight is 218 g/mol. The molecule has 0 unspecified atom stereocenters. The van der Waals surface area contributed by atoms with Crippen molar-refractivity contribution < 1.29 is 13.6 Å². The Morgan fingerprint density at radius 1 is 1.14 bits per heavy atom. The third-order valence-corrected chi connectivity index (χ3v) is 7.48. The Morgan fingerprint density at radius 3 is 1.86 bits per heavy atom. The lowest BCUT2D eigenvalue weighted by Crippen LogP contribution is -2.59. The van der Waals surface area contributed by atoms with Gasteiger partial charge in [0.25, 0.3) is 0 Å². The molecule has 4 heteroatoms. The maximum Gasteiger partial charge on any atom is 0.346 e. The zero-order valence-corrected chi connectivity index (χ0v) is 10.8. The Kier molecular flexibility index (Phi) is 4.12. The molecule has 1 aliphatic rings. The van der Waals surface area contributed by atoms with Crippen LogP contribution in [0, 0.1) is 0 Å². The second-order valence-corrected chi connectivity index (χ2v) is 7.47. The van der Waals surface area contributed by atoms with Gasteiger partial charge in [0.05, 0.1) is 18.3 Å². The molecule has 0 amide bonds. The fourth-order valence-electron chi connectivity index (χ4n) is 2.03. The van der Waals surface area contributed by atoms with Crippen LogP contribution in [-0.2, 0) is 13.6 Å². The van der Waals surface area contributed by atoms with Gasteiger partial charge in [-0.1, -0.05) is 6.92 Å². The number of hydrogen-bond donors (Lipinski definition) is 0. The molecule has 84 valence electrons. The smallest absolute Gasteiger partial charge is 0.346 e. The summed E-state index contributed by atoms with van der Waals surface area (Å²) in [5.74, 6) is 0. The van der Waals surface area contributed by atoms with E-state index in [1.165, 1.54) is 0 Å². The van der Waals surface area contributed by atoms with Crippen molar-refractivity contribution in [3.05, 3.63) is 0 Å². The van der Waals surface area contributed by atoms with Crippen LogP contribution in [0.3, 0.4) is 0 Å². The minimum absolute atomic E-state index is 0.193. The van der Waals surface area contributed by atoms with Crippen LogP contribution in [0.5, 0.6) is 0 Å². The van der Waals surface area contributed by atoms with E-state index in [0.29, 0.717) is 0 Å². The van der Waals surface area contributed by atoms with Gasteiger partial charge in [0.15, 0.2) is 0 Å². The lowest BCUT2D eigenvalue weighted by Gasteiger charge is -2.50. The van der Waals surface area contributed by atoms with Gasteiger partial charge >= 0.3 is 8.56 Å². The SMILES string of the molecule is CCO[Si](C)(OCC)C1(CC)COC1. The normalized spacial score (nSPS) is 20.6. The van der Waals surface area contributed by atoms with E-state index in [4.69, 9.17) is 13.6 Å². The molecule has 1 rings (SSSR count). The highest BCUT2D eigenvalue weighted by Crippen LogP contribution is 2.48. The summed E-state index contributed by atoms with van der Waals surface area (Å²) in [6.07, 6.45) is 1.09. The van der Waals surface area contributed by atoms with Crippen molar-refractivity contribution in [2.45, 2.75) is 38.8 Å². The van der Waals surface area contributed by atoms with Crippen molar-refractivity contribution in [1.29, 1.82) is 0 Å². The molecule has 0 N–H and O–H groups in total. The summed E-state index contributed by atoms with van der Waals surface area (Å²) >= 11 is 0. The Labute approximate surface area is 88.0 Å². The van der Waals surface area contributed by atoms with E-state index in [0.717, 1.165) is 32.8 Å². The molecule has 1 fully saturated rings.